The average Bonchev–Trinajstić information content (AvgIpc) is 2.81. The molecule has 2 aromatic heterocycles. The second kappa shape index (κ2) is 9.79. The van der Waals surface area contributed by atoms with E-state index in [2.05, 4.69) is 41.1 Å². The van der Waals surface area contributed by atoms with Gasteiger partial charge in [0.2, 0.25) is 5.95 Å². The number of carbonyl (C=O) groups is 2. The molecule has 0 bridgehead atoms. The molecule has 0 unspecified atom stereocenters. The largest absolute Gasteiger partial charge is 0.367 e. The number of amides is 3. The number of rotatable bonds is 5. The quantitative estimate of drug-likeness (QED) is 0.484. The van der Waals surface area contributed by atoms with Crippen molar-refractivity contribution >= 4 is 34.9 Å². The van der Waals surface area contributed by atoms with Crippen molar-refractivity contribution in [2.45, 2.75) is 0 Å². The molecule has 0 aliphatic carbocycles. The Hall–Kier alpha value is -4.12. The molecular formula is C21H21FN8O2. The molecule has 164 valence electrons. The topological polar surface area (TPSA) is 124 Å². The van der Waals surface area contributed by atoms with Crippen molar-refractivity contribution in [1.82, 2.24) is 20.3 Å². The molecule has 3 heterocycles. The maximum Gasteiger partial charge on any atom is 0.326 e. The summed E-state index contributed by atoms with van der Waals surface area (Å²) in [6.07, 6.45) is 4.60. The highest BCUT2D eigenvalue weighted by Crippen LogP contribution is 2.25. The number of pyridine rings is 1. The van der Waals surface area contributed by atoms with Crippen molar-refractivity contribution in [3.8, 4) is 0 Å². The summed E-state index contributed by atoms with van der Waals surface area (Å²) in [6, 6.07) is 8.29. The summed E-state index contributed by atoms with van der Waals surface area (Å²) in [6.45, 7) is 3.33. The summed E-state index contributed by atoms with van der Waals surface area (Å²) in [4.78, 5) is 39.2. The Bertz CT molecular complexity index is 1120. The van der Waals surface area contributed by atoms with E-state index < -0.39 is 17.8 Å². The van der Waals surface area contributed by atoms with Crippen LogP contribution in [0.25, 0.3) is 0 Å². The summed E-state index contributed by atoms with van der Waals surface area (Å²) in [5, 5.41) is 10.9. The van der Waals surface area contributed by atoms with Crippen LogP contribution in [-0.2, 0) is 0 Å². The first-order valence-corrected chi connectivity index (χ1v) is 9.97. The van der Waals surface area contributed by atoms with Gasteiger partial charge in [0, 0.05) is 38.6 Å². The first-order valence-electron chi connectivity index (χ1n) is 9.97. The van der Waals surface area contributed by atoms with Crippen molar-refractivity contribution in [2.75, 3.05) is 47.0 Å². The molecule has 1 aromatic carbocycles. The SMILES string of the molecule is O=C(Nc1nccc(C(=O)Nc2cnccc2N2CCNCC2)n1)Nc1ccccc1F. The number of nitrogens with zero attached hydrogens (tertiary/aromatic N) is 4. The van der Waals surface area contributed by atoms with Gasteiger partial charge in [-0.3, -0.25) is 15.1 Å². The fraction of sp³-hybridized carbons (Fsp3) is 0.190. The van der Waals surface area contributed by atoms with Gasteiger partial charge < -0.3 is 20.9 Å². The molecule has 1 aliphatic rings. The lowest BCUT2D eigenvalue weighted by Crippen LogP contribution is -2.43. The monoisotopic (exact) mass is 436 g/mol. The number of piperazine rings is 1. The van der Waals surface area contributed by atoms with Crippen LogP contribution in [0.1, 0.15) is 10.5 Å². The highest BCUT2D eigenvalue weighted by atomic mass is 19.1. The number of para-hydroxylation sites is 1. The number of anilines is 4. The summed E-state index contributed by atoms with van der Waals surface area (Å²) in [7, 11) is 0. The van der Waals surface area contributed by atoms with Crippen molar-refractivity contribution in [1.29, 1.82) is 0 Å². The highest BCUT2D eigenvalue weighted by molar-refractivity contribution is 6.05. The smallest absolute Gasteiger partial charge is 0.326 e. The van der Waals surface area contributed by atoms with Crippen molar-refractivity contribution in [3.63, 3.8) is 0 Å². The molecule has 10 nitrogen and oxygen atoms in total. The van der Waals surface area contributed by atoms with Gasteiger partial charge in [-0.15, -0.1) is 0 Å². The molecule has 1 saturated heterocycles. The van der Waals surface area contributed by atoms with Gasteiger partial charge in [-0.05, 0) is 24.3 Å². The Balaban J connectivity index is 1.44. The van der Waals surface area contributed by atoms with Crippen LogP contribution in [0, 0.1) is 5.82 Å². The first kappa shape index (κ1) is 21.1. The van der Waals surface area contributed by atoms with E-state index in [0.29, 0.717) is 5.69 Å². The van der Waals surface area contributed by atoms with Crippen LogP contribution in [0.5, 0.6) is 0 Å². The first-order chi connectivity index (χ1) is 15.6. The lowest BCUT2D eigenvalue weighted by Gasteiger charge is -2.30. The van der Waals surface area contributed by atoms with Gasteiger partial charge in [-0.1, -0.05) is 12.1 Å². The molecule has 11 heteroatoms. The van der Waals surface area contributed by atoms with Crippen molar-refractivity contribution in [3.05, 3.63) is 66.5 Å². The Morgan fingerprint density at radius 1 is 0.969 bits per heavy atom. The molecule has 0 saturated carbocycles. The Kier molecular flexibility index (Phi) is 6.46. The van der Waals surface area contributed by atoms with Crippen LogP contribution in [0.4, 0.5) is 32.2 Å². The molecule has 0 atom stereocenters. The van der Waals surface area contributed by atoms with E-state index in [1.54, 1.807) is 18.5 Å². The van der Waals surface area contributed by atoms with Crippen LogP contribution >= 0.6 is 0 Å². The van der Waals surface area contributed by atoms with E-state index in [0.717, 1.165) is 31.9 Å². The van der Waals surface area contributed by atoms with Gasteiger partial charge in [0.25, 0.3) is 5.91 Å². The molecule has 0 spiro atoms. The number of carbonyl (C=O) groups excluding carboxylic acids is 2. The minimum absolute atomic E-state index is 0.0101. The predicted octanol–water partition coefficient (Wildman–Crippen LogP) is 2.32. The summed E-state index contributed by atoms with van der Waals surface area (Å²) < 4.78 is 13.7. The fourth-order valence-corrected chi connectivity index (χ4v) is 3.21. The van der Waals surface area contributed by atoms with Gasteiger partial charge in [0.15, 0.2) is 0 Å². The zero-order valence-electron chi connectivity index (χ0n) is 17.0. The molecule has 0 radical (unpaired) electrons. The van der Waals surface area contributed by atoms with E-state index >= 15 is 0 Å². The van der Waals surface area contributed by atoms with Crippen LogP contribution in [0.3, 0.4) is 0 Å². The van der Waals surface area contributed by atoms with Crippen molar-refractivity contribution < 1.29 is 14.0 Å². The zero-order chi connectivity index (χ0) is 22.3. The standard InChI is InChI=1S/C21H21FN8O2/c22-14-3-1-2-4-15(14)28-21(32)29-20-25-8-5-16(27-20)19(31)26-17-13-24-7-6-18(17)30-11-9-23-10-12-30/h1-8,13,23H,9-12H2,(H,26,31)(H2,25,27,28,29,32). The third kappa shape index (κ3) is 5.13. The number of benzene rings is 1. The van der Waals surface area contributed by atoms with Crippen LogP contribution < -0.4 is 26.2 Å². The highest BCUT2D eigenvalue weighted by Gasteiger charge is 2.17. The van der Waals surface area contributed by atoms with E-state index in [1.807, 2.05) is 6.07 Å². The Morgan fingerprint density at radius 3 is 2.59 bits per heavy atom. The minimum atomic E-state index is -0.735. The normalized spacial score (nSPS) is 13.3. The molecule has 4 N–H and O–H groups in total. The lowest BCUT2D eigenvalue weighted by atomic mass is 10.2. The van der Waals surface area contributed by atoms with Gasteiger partial charge in [-0.25, -0.2) is 19.2 Å². The summed E-state index contributed by atoms with van der Waals surface area (Å²) in [5.74, 6) is -1.15. The van der Waals surface area contributed by atoms with Gasteiger partial charge in [0.1, 0.15) is 11.5 Å². The van der Waals surface area contributed by atoms with Crippen LogP contribution in [0.2, 0.25) is 0 Å². The van der Waals surface area contributed by atoms with E-state index in [4.69, 9.17) is 0 Å². The van der Waals surface area contributed by atoms with E-state index in [-0.39, 0.29) is 17.3 Å². The number of halogens is 1. The number of hydrogen-bond acceptors (Lipinski definition) is 7. The van der Waals surface area contributed by atoms with Crippen LogP contribution in [-0.4, -0.2) is 53.1 Å². The summed E-state index contributed by atoms with van der Waals surface area (Å²) in [5.41, 5.74) is 1.49. The molecule has 3 aromatic rings. The third-order valence-corrected chi connectivity index (χ3v) is 4.74. The number of aromatic nitrogens is 3. The maximum absolute atomic E-state index is 13.7. The Labute approximate surface area is 183 Å². The predicted molar refractivity (Wildman–Crippen MR) is 118 cm³/mol. The molecule has 4 rings (SSSR count). The maximum atomic E-state index is 13.7. The average molecular weight is 436 g/mol. The zero-order valence-corrected chi connectivity index (χ0v) is 17.0. The number of urea groups is 1. The lowest BCUT2D eigenvalue weighted by molar-refractivity contribution is 0.102. The number of nitrogens with one attached hydrogen (secondary N) is 4. The van der Waals surface area contributed by atoms with Gasteiger partial charge >= 0.3 is 6.03 Å². The fourth-order valence-electron chi connectivity index (χ4n) is 3.21. The third-order valence-electron chi connectivity index (χ3n) is 4.74. The van der Waals surface area contributed by atoms with Crippen molar-refractivity contribution in [2.24, 2.45) is 0 Å². The van der Waals surface area contributed by atoms with Gasteiger partial charge in [-0.2, -0.15) is 0 Å². The molecule has 1 aliphatic heterocycles. The second-order valence-corrected chi connectivity index (χ2v) is 6.91. The van der Waals surface area contributed by atoms with E-state index in [1.165, 1.54) is 30.5 Å². The Morgan fingerprint density at radius 2 is 1.78 bits per heavy atom. The van der Waals surface area contributed by atoms with Gasteiger partial charge in [0.05, 0.1) is 23.3 Å². The second-order valence-electron chi connectivity index (χ2n) is 6.91. The molecular weight excluding hydrogens is 415 g/mol. The van der Waals surface area contributed by atoms with Crippen LogP contribution in [0.15, 0.2) is 55.0 Å². The molecule has 32 heavy (non-hydrogen) atoms. The van der Waals surface area contributed by atoms with E-state index in [9.17, 15) is 14.0 Å². The minimum Gasteiger partial charge on any atom is -0.367 e. The number of hydrogen-bond donors (Lipinski definition) is 4. The summed E-state index contributed by atoms with van der Waals surface area (Å²) >= 11 is 0. The molecule has 3 amide bonds. The molecule has 1 fully saturated rings.